The molecule has 0 aromatic heterocycles. The van der Waals surface area contributed by atoms with Crippen molar-refractivity contribution in [2.75, 3.05) is 6.54 Å². The summed E-state index contributed by atoms with van der Waals surface area (Å²) in [5, 5.41) is 12.3. The average molecular weight is 351 g/mol. The molecule has 2 aromatic rings. The molecular formula is C22H25NO3. The molecule has 4 nitrogen and oxygen atoms in total. The molecule has 0 saturated heterocycles. The Bertz CT molecular complexity index is 725. The molecule has 0 aliphatic rings. The summed E-state index contributed by atoms with van der Waals surface area (Å²) < 4.78 is 0. The Morgan fingerprint density at radius 1 is 0.962 bits per heavy atom. The van der Waals surface area contributed by atoms with Crippen LogP contribution in [-0.4, -0.2) is 24.3 Å². The number of nitrogens with one attached hydrogen (secondary N) is 1. The molecule has 26 heavy (non-hydrogen) atoms. The zero-order chi connectivity index (χ0) is 19.2. The first-order valence-corrected chi connectivity index (χ1v) is 8.57. The molecule has 0 unspecified atom stereocenters. The van der Waals surface area contributed by atoms with Gasteiger partial charge in [0.1, 0.15) is 12.5 Å². The fourth-order valence-corrected chi connectivity index (χ4v) is 2.41. The lowest BCUT2D eigenvalue weighted by Gasteiger charge is -2.06. The van der Waals surface area contributed by atoms with E-state index in [-0.39, 0.29) is 11.7 Å². The molecule has 2 rings (SSSR count). The fourth-order valence-electron chi connectivity index (χ4n) is 2.41. The van der Waals surface area contributed by atoms with E-state index in [4.69, 9.17) is 4.79 Å². The Labute approximate surface area is 155 Å². The van der Waals surface area contributed by atoms with Crippen molar-refractivity contribution in [1.29, 1.82) is 0 Å². The highest BCUT2D eigenvalue weighted by atomic mass is 16.3. The minimum Gasteiger partial charge on any atom is -0.508 e. The van der Waals surface area contributed by atoms with Gasteiger partial charge in [-0.05, 0) is 55.2 Å². The number of phenolic OH excluding ortho intramolecular Hbond substituents is 1. The zero-order valence-electron chi connectivity index (χ0n) is 15.1. The smallest absolute Gasteiger partial charge is 0.251 e. The molecule has 4 heteroatoms. The number of hydrogen-bond donors (Lipinski definition) is 2. The van der Waals surface area contributed by atoms with E-state index in [1.54, 1.807) is 12.1 Å². The molecule has 2 N–H and O–H groups in total. The summed E-state index contributed by atoms with van der Waals surface area (Å²) in [4.78, 5) is 20.1. The molecule has 0 saturated carbocycles. The van der Waals surface area contributed by atoms with Crippen molar-refractivity contribution in [2.45, 2.75) is 32.6 Å². The standard InChI is InChI=1S/C21H23NO2.CH2O/c1-2-3-4-5-6-7-16-22-21(24)19-10-8-17(9-11-19)18-12-14-20(23)15-13-18;1-2/h8-15,23H,4-7,16H2,1H3,(H,22,24);1H2. The van der Waals surface area contributed by atoms with Gasteiger partial charge in [-0.15, -0.1) is 11.8 Å². The molecule has 0 aliphatic carbocycles. The summed E-state index contributed by atoms with van der Waals surface area (Å²) in [5.41, 5.74) is 2.69. The molecule has 136 valence electrons. The molecule has 0 heterocycles. The molecule has 2 aromatic carbocycles. The highest BCUT2D eigenvalue weighted by molar-refractivity contribution is 5.94. The van der Waals surface area contributed by atoms with E-state index in [1.807, 2.05) is 50.1 Å². The summed E-state index contributed by atoms with van der Waals surface area (Å²) in [6.07, 6.45) is 4.07. The number of phenols is 1. The number of unbranched alkanes of at least 4 members (excludes halogenated alkanes) is 3. The predicted octanol–water partition coefficient (Wildman–Crippen LogP) is 4.19. The quantitative estimate of drug-likeness (QED) is 0.581. The van der Waals surface area contributed by atoms with E-state index >= 15 is 0 Å². The van der Waals surface area contributed by atoms with E-state index < -0.39 is 0 Å². The third-order valence-corrected chi connectivity index (χ3v) is 3.79. The van der Waals surface area contributed by atoms with Gasteiger partial charge >= 0.3 is 0 Å². The number of amides is 1. The second-order valence-electron chi connectivity index (χ2n) is 5.62. The third-order valence-electron chi connectivity index (χ3n) is 3.79. The number of rotatable bonds is 7. The summed E-state index contributed by atoms with van der Waals surface area (Å²) >= 11 is 0. The van der Waals surface area contributed by atoms with Gasteiger partial charge in [0.05, 0.1) is 0 Å². The Morgan fingerprint density at radius 2 is 1.54 bits per heavy atom. The van der Waals surface area contributed by atoms with Gasteiger partial charge in [-0.3, -0.25) is 4.79 Å². The molecule has 0 radical (unpaired) electrons. The molecule has 0 bridgehead atoms. The number of hydrogen-bond acceptors (Lipinski definition) is 3. The maximum Gasteiger partial charge on any atom is 0.251 e. The van der Waals surface area contributed by atoms with Crippen LogP contribution < -0.4 is 5.32 Å². The minimum absolute atomic E-state index is 0.0411. The fraction of sp³-hybridized carbons (Fsp3) is 0.273. The first-order chi connectivity index (χ1) is 12.7. The van der Waals surface area contributed by atoms with Crippen LogP contribution >= 0.6 is 0 Å². The topological polar surface area (TPSA) is 66.4 Å². The van der Waals surface area contributed by atoms with Gasteiger partial charge in [-0.1, -0.05) is 30.7 Å². The molecular weight excluding hydrogens is 326 g/mol. The molecule has 0 spiro atoms. The van der Waals surface area contributed by atoms with Gasteiger partial charge in [-0.2, -0.15) is 0 Å². The summed E-state index contributed by atoms with van der Waals surface area (Å²) in [7, 11) is 0. The number of carbonyl (C=O) groups excluding carboxylic acids is 2. The molecule has 0 aliphatic heterocycles. The predicted molar refractivity (Wildman–Crippen MR) is 105 cm³/mol. The van der Waals surface area contributed by atoms with Crippen LogP contribution in [0.25, 0.3) is 11.1 Å². The minimum atomic E-state index is -0.0411. The Hall–Kier alpha value is -3.06. The summed E-state index contributed by atoms with van der Waals surface area (Å²) in [6.45, 7) is 4.55. The largest absolute Gasteiger partial charge is 0.508 e. The first-order valence-electron chi connectivity index (χ1n) is 8.57. The van der Waals surface area contributed by atoms with Crippen LogP contribution in [0, 0.1) is 11.8 Å². The van der Waals surface area contributed by atoms with Crippen LogP contribution in [0.5, 0.6) is 5.75 Å². The number of aromatic hydroxyl groups is 1. The van der Waals surface area contributed by atoms with Crippen molar-refractivity contribution >= 4 is 12.7 Å². The second kappa shape index (κ2) is 12.3. The van der Waals surface area contributed by atoms with Crippen molar-refractivity contribution < 1.29 is 14.7 Å². The van der Waals surface area contributed by atoms with E-state index in [1.165, 1.54) is 0 Å². The van der Waals surface area contributed by atoms with E-state index in [0.29, 0.717) is 12.1 Å². The van der Waals surface area contributed by atoms with Gasteiger partial charge in [-0.25, -0.2) is 0 Å². The van der Waals surface area contributed by atoms with Crippen molar-refractivity contribution in [2.24, 2.45) is 0 Å². The van der Waals surface area contributed by atoms with E-state index in [2.05, 4.69) is 17.2 Å². The van der Waals surface area contributed by atoms with Crippen LogP contribution in [-0.2, 0) is 4.79 Å². The lowest BCUT2D eigenvalue weighted by Crippen LogP contribution is -2.24. The molecule has 0 fully saturated rings. The van der Waals surface area contributed by atoms with Crippen molar-refractivity contribution in [3.8, 4) is 28.7 Å². The lowest BCUT2D eigenvalue weighted by atomic mass is 10.0. The van der Waals surface area contributed by atoms with Crippen molar-refractivity contribution in [3.63, 3.8) is 0 Å². The second-order valence-corrected chi connectivity index (χ2v) is 5.62. The first kappa shape index (κ1) is 21.0. The number of benzene rings is 2. The Kier molecular flexibility index (Phi) is 9.95. The van der Waals surface area contributed by atoms with Crippen molar-refractivity contribution in [3.05, 3.63) is 54.1 Å². The SMILES string of the molecule is C=O.CC#CCCCCCNC(=O)c1ccc(-c2ccc(O)cc2)cc1. The Balaban J connectivity index is 0.00000163. The van der Waals surface area contributed by atoms with Crippen LogP contribution in [0.2, 0.25) is 0 Å². The van der Waals surface area contributed by atoms with E-state index in [0.717, 1.165) is 36.8 Å². The normalized spacial score (nSPS) is 9.27. The summed E-state index contributed by atoms with van der Waals surface area (Å²) in [6, 6.07) is 14.5. The lowest BCUT2D eigenvalue weighted by molar-refractivity contribution is -0.0980. The van der Waals surface area contributed by atoms with Gasteiger partial charge in [0.25, 0.3) is 5.91 Å². The van der Waals surface area contributed by atoms with Gasteiger partial charge in [0.15, 0.2) is 0 Å². The van der Waals surface area contributed by atoms with Gasteiger partial charge in [0.2, 0.25) is 0 Å². The maximum atomic E-state index is 12.1. The van der Waals surface area contributed by atoms with Crippen LogP contribution in [0.15, 0.2) is 48.5 Å². The monoisotopic (exact) mass is 351 g/mol. The zero-order valence-corrected chi connectivity index (χ0v) is 15.1. The average Bonchev–Trinajstić information content (AvgIpc) is 2.69. The third kappa shape index (κ3) is 7.23. The molecule has 1 amide bonds. The van der Waals surface area contributed by atoms with Gasteiger partial charge < -0.3 is 15.2 Å². The number of carbonyl (C=O) groups is 2. The van der Waals surface area contributed by atoms with Crippen LogP contribution in [0.3, 0.4) is 0 Å². The van der Waals surface area contributed by atoms with Crippen LogP contribution in [0.4, 0.5) is 0 Å². The maximum absolute atomic E-state index is 12.1. The molecule has 0 atom stereocenters. The highest BCUT2D eigenvalue weighted by Crippen LogP contribution is 2.22. The summed E-state index contributed by atoms with van der Waals surface area (Å²) in [5.74, 6) is 6.14. The van der Waals surface area contributed by atoms with Gasteiger partial charge in [0, 0.05) is 18.5 Å². The van der Waals surface area contributed by atoms with E-state index in [9.17, 15) is 9.90 Å². The van der Waals surface area contributed by atoms with Crippen LogP contribution in [0.1, 0.15) is 43.0 Å². The highest BCUT2D eigenvalue weighted by Gasteiger charge is 2.05. The Morgan fingerprint density at radius 3 is 2.12 bits per heavy atom. The van der Waals surface area contributed by atoms with Crippen molar-refractivity contribution in [1.82, 2.24) is 5.32 Å².